The second kappa shape index (κ2) is 7.65. The molecule has 1 aromatic carbocycles. The van der Waals surface area contributed by atoms with Gasteiger partial charge in [0, 0.05) is 19.1 Å². The highest BCUT2D eigenvalue weighted by Gasteiger charge is 2.27. The summed E-state index contributed by atoms with van der Waals surface area (Å²) in [6.07, 6.45) is 3.61. The zero-order valence-electron chi connectivity index (χ0n) is 12.8. The molecule has 20 heavy (non-hydrogen) atoms. The van der Waals surface area contributed by atoms with Crippen molar-refractivity contribution in [1.82, 2.24) is 4.90 Å². The van der Waals surface area contributed by atoms with Crippen LogP contribution in [0.25, 0.3) is 0 Å². The van der Waals surface area contributed by atoms with E-state index in [4.69, 9.17) is 10.5 Å². The van der Waals surface area contributed by atoms with E-state index in [1.54, 1.807) is 0 Å². The predicted molar refractivity (Wildman–Crippen MR) is 84.0 cm³/mol. The minimum atomic E-state index is 0.330. The van der Waals surface area contributed by atoms with Crippen molar-refractivity contribution in [1.29, 1.82) is 0 Å². The second-order valence-corrected chi connectivity index (χ2v) is 5.73. The number of hydrogen-bond acceptors (Lipinski definition) is 3. The molecule has 1 aliphatic heterocycles. The lowest BCUT2D eigenvalue weighted by atomic mass is 10.0. The van der Waals surface area contributed by atoms with Crippen LogP contribution in [0.4, 0.5) is 0 Å². The second-order valence-electron chi connectivity index (χ2n) is 5.73. The Morgan fingerprint density at radius 3 is 2.90 bits per heavy atom. The van der Waals surface area contributed by atoms with Gasteiger partial charge in [0.2, 0.25) is 0 Å². The van der Waals surface area contributed by atoms with E-state index in [9.17, 15) is 0 Å². The molecule has 2 unspecified atom stereocenters. The molecule has 0 aromatic heterocycles. The minimum Gasteiger partial charge on any atom is -0.494 e. The van der Waals surface area contributed by atoms with Crippen LogP contribution in [0.1, 0.15) is 44.7 Å². The molecule has 1 fully saturated rings. The number of benzene rings is 1. The third-order valence-corrected chi connectivity index (χ3v) is 4.27. The maximum Gasteiger partial charge on any atom is 0.119 e. The number of nitrogens with zero attached hydrogens (tertiary/aromatic N) is 1. The van der Waals surface area contributed by atoms with Gasteiger partial charge in [0.25, 0.3) is 0 Å². The fourth-order valence-corrected chi connectivity index (χ4v) is 3.01. The van der Waals surface area contributed by atoms with Crippen molar-refractivity contribution in [3.8, 4) is 5.75 Å². The lowest BCUT2D eigenvalue weighted by molar-refractivity contribution is 0.240. The smallest absolute Gasteiger partial charge is 0.119 e. The van der Waals surface area contributed by atoms with Gasteiger partial charge in [-0.25, -0.2) is 0 Å². The molecular weight excluding hydrogens is 248 g/mol. The Kier molecular flexibility index (Phi) is 5.86. The SMILES string of the molecule is CCCOc1cccc(C(CN)N2CCC(CC)C2)c1. The van der Waals surface area contributed by atoms with Crippen LogP contribution in [-0.2, 0) is 0 Å². The Labute approximate surface area is 123 Å². The lowest BCUT2D eigenvalue weighted by Gasteiger charge is -2.27. The fraction of sp³-hybridized carbons (Fsp3) is 0.647. The van der Waals surface area contributed by atoms with Crippen molar-refractivity contribution in [2.24, 2.45) is 11.7 Å². The van der Waals surface area contributed by atoms with E-state index in [2.05, 4.69) is 36.9 Å². The summed E-state index contributed by atoms with van der Waals surface area (Å²) in [5.41, 5.74) is 7.33. The quantitative estimate of drug-likeness (QED) is 0.831. The zero-order valence-corrected chi connectivity index (χ0v) is 12.8. The molecule has 2 atom stereocenters. The molecule has 0 amide bonds. The monoisotopic (exact) mass is 276 g/mol. The average molecular weight is 276 g/mol. The number of likely N-dealkylation sites (tertiary alicyclic amines) is 1. The highest BCUT2D eigenvalue weighted by molar-refractivity contribution is 5.31. The van der Waals surface area contributed by atoms with E-state index in [-0.39, 0.29) is 0 Å². The van der Waals surface area contributed by atoms with Gasteiger partial charge in [0.1, 0.15) is 5.75 Å². The van der Waals surface area contributed by atoms with E-state index in [0.29, 0.717) is 12.6 Å². The van der Waals surface area contributed by atoms with E-state index in [0.717, 1.165) is 24.7 Å². The van der Waals surface area contributed by atoms with Crippen LogP contribution < -0.4 is 10.5 Å². The molecule has 0 saturated carbocycles. The van der Waals surface area contributed by atoms with Crippen molar-refractivity contribution < 1.29 is 4.74 Å². The van der Waals surface area contributed by atoms with Gasteiger partial charge in [-0.05, 0) is 43.0 Å². The van der Waals surface area contributed by atoms with Gasteiger partial charge < -0.3 is 10.5 Å². The lowest BCUT2D eigenvalue weighted by Crippen LogP contribution is -2.32. The van der Waals surface area contributed by atoms with Gasteiger partial charge in [0.15, 0.2) is 0 Å². The summed E-state index contributed by atoms with van der Waals surface area (Å²) in [7, 11) is 0. The Morgan fingerprint density at radius 2 is 2.25 bits per heavy atom. The molecule has 112 valence electrons. The van der Waals surface area contributed by atoms with E-state index >= 15 is 0 Å². The highest BCUT2D eigenvalue weighted by Crippen LogP contribution is 2.29. The minimum absolute atomic E-state index is 0.330. The van der Waals surface area contributed by atoms with Crippen LogP contribution in [0.15, 0.2) is 24.3 Å². The van der Waals surface area contributed by atoms with E-state index < -0.39 is 0 Å². The topological polar surface area (TPSA) is 38.5 Å². The van der Waals surface area contributed by atoms with Crippen LogP contribution in [0, 0.1) is 5.92 Å². The van der Waals surface area contributed by atoms with Crippen LogP contribution in [0.3, 0.4) is 0 Å². The zero-order chi connectivity index (χ0) is 14.4. The van der Waals surface area contributed by atoms with Gasteiger partial charge in [-0.15, -0.1) is 0 Å². The summed E-state index contributed by atoms with van der Waals surface area (Å²) in [4.78, 5) is 2.53. The number of hydrogen-bond donors (Lipinski definition) is 1. The largest absolute Gasteiger partial charge is 0.494 e. The summed E-state index contributed by atoms with van der Waals surface area (Å²) >= 11 is 0. The van der Waals surface area contributed by atoms with Crippen molar-refractivity contribution in [2.75, 3.05) is 26.2 Å². The average Bonchev–Trinajstić information content (AvgIpc) is 2.95. The van der Waals surface area contributed by atoms with Crippen LogP contribution in [-0.4, -0.2) is 31.1 Å². The van der Waals surface area contributed by atoms with Crippen molar-refractivity contribution in [3.63, 3.8) is 0 Å². The highest BCUT2D eigenvalue weighted by atomic mass is 16.5. The molecule has 3 nitrogen and oxygen atoms in total. The number of rotatable bonds is 7. The third kappa shape index (κ3) is 3.74. The normalized spacial score (nSPS) is 21.1. The van der Waals surface area contributed by atoms with E-state index in [1.165, 1.54) is 31.5 Å². The maximum atomic E-state index is 6.04. The molecule has 2 N–H and O–H groups in total. The standard InChI is InChI=1S/C17H28N2O/c1-3-10-20-16-7-5-6-15(11-16)17(12-18)19-9-8-14(4-2)13-19/h5-7,11,14,17H,3-4,8-10,12-13,18H2,1-2H3. The first kappa shape index (κ1) is 15.3. The van der Waals surface area contributed by atoms with Gasteiger partial charge in [-0.3, -0.25) is 4.90 Å². The van der Waals surface area contributed by atoms with Crippen LogP contribution in [0.5, 0.6) is 5.75 Å². The Balaban J connectivity index is 2.07. The molecule has 1 saturated heterocycles. The fourth-order valence-electron chi connectivity index (χ4n) is 3.01. The Hall–Kier alpha value is -1.06. The summed E-state index contributed by atoms with van der Waals surface area (Å²) in [6, 6.07) is 8.78. The molecule has 0 spiro atoms. The van der Waals surface area contributed by atoms with Crippen LogP contribution >= 0.6 is 0 Å². The molecule has 3 heteroatoms. The first-order chi connectivity index (χ1) is 9.78. The van der Waals surface area contributed by atoms with Crippen molar-refractivity contribution in [2.45, 2.75) is 39.2 Å². The molecule has 1 aliphatic rings. The molecular formula is C17H28N2O. The first-order valence-corrected chi connectivity index (χ1v) is 7.95. The maximum absolute atomic E-state index is 6.04. The molecule has 0 bridgehead atoms. The van der Waals surface area contributed by atoms with Gasteiger partial charge >= 0.3 is 0 Å². The number of nitrogens with two attached hydrogens (primary N) is 1. The summed E-state index contributed by atoms with van der Waals surface area (Å²) < 4.78 is 5.74. The molecule has 1 heterocycles. The Morgan fingerprint density at radius 1 is 1.40 bits per heavy atom. The predicted octanol–water partition coefficient (Wildman–Crippen LogP) is 3.21. The van der Waals surface area contributed by atoms with Crippen LogP contribution in [0.2, 0.25) is 0 Å². The number of ether oxygens (including phenoxy) is 1. The molecule has 1 aromatic rings. The van der Waals surface area contributed by atoms with Crippen molar-refractivity contribution >= 4 is 0 Å². The van der Waals surface area contributed by atoms with E-state index in [1.807, 2.05) is 6.07 Å². The van der Waals surface area contributed by atoms with Gasteiger partial charge in [0.05, 0.1) is 6.61 Å². The molecule has 0 radical (unpaired) electrons. The molecule has 0 aliphatic carbocycles. The van der Waals surface area contributed by atoms with Crippen molar-refractivity contribution in [3.05, 3.63) is 29.8 Å². The summed E-state index contributed by atoms with van der Waals surface area (Å²) in [6.45, 7) is 8.21. The molecule has 2 rings (SSSR count). The Bertz CT molecular complexity index is 408. The first-order valence-electron chi connectivity index (χ1n) is 7.95. The third-order valence-electron chi connectivity index (χ3n) is 4.27. The van der Waals surface area contributed by atoms with Gasteiger partial charge in [-0.1, -0.05) is 32.4 Å². The van der Waals surface area contributed by atoms with Gasteiger partial charge in [-0.2, -0.15) is 0 Å². The summed E-state index contributed by atoms with van der Waals surface area (Å²) in [5, 5.41) is 0. The summed E-state index contributed by atoms with van der Waals surface area (Å²) in [5.74, 6) is 1.80.